The first-order chi connectivity index (χ1) is 15.6. The van der Waals surface area contributed by atoms with Gasteiger partial charge in [-0.25, -0.2) is 4.79 Å². The van der Waals surface area contributed by atoms with E-state index in [9.17, 15) is 9.90 Å². The van der Waals surface area contributed by atoms with Crippen LogP contribution in [0.2, 0.25) is 0 Å². The van der Waals surface area contributed by atoms with E-state index in [0.717, 1.165) is 33.3 Å². The molecule has 3 aromatic carbocycles. The van der Waals surface area contributed by atoms with Gasteiger partial charge in [-0.15, -0.1) is 0 Å². The minimum absolute atomic E-state index is 0.113. The minimum atomic E-state index is -0.632. The van der Waals surface area contributed by atoms with Crippen molar-refractivity contribution >= 4 is 22.5 Å². The molecule has 2 atom stereocenters. The number of hydrogen-bond acceptors (Lipinski definition) is 4. The fourth-order valence-electron chi connectivity index (χ4n) is 4.46. The van der Waals surface area contributed by atoms with Gasteiger partial charge in [-0.3, -0.25) is 0 Å². The lowest BCUT2D eigenvalue weighted by molar-refractivity contribution is 0.133. The molecule has 1 unspecified atom stereocenters. The number of methoxy groups -OCH3 is 1. The van der Waals surface area contributed by atoms with Gasteiger partial charge in [0.15, 0.2) is 11.5 Å². The summed E-state index contributed by atoms with van der Waals surface area (Å²) in [4.78, 5) is 15.0. The second kappa shape index (κ2) is 8.55. The zero-order valence-corrected chi connectivity index (χ0v) is 18.0. The van der Waals surface area contributed by atoms with Gasteiger partial charge in [0, 0.05) is 37.2 Å². The monoisotopic (exact) mass is 430 g/mol. The summed E-state index contributed by atoms with van der Waals surface area (Å²) in [5, 5.41) is 15.6. The number of ether oxygens (including phenoxy) is 2. The normalized spacial score (nSPS) is 20.9. The summed E-state index contributed by atoms with van der Waals surface area (Å²) in [5.74, 6) is 1.40. The third kappa shape index (κ3) is 4.01. The molecule has 0 aliphatic carbocycles. The Hall–Kier alpha value is -3.51. The average Bonchev–Trinajstić information content (AvgIpc) is 3.20. The zero-order chi connectivity index (χ0) is 22.1. The first-order valence-corrected chi connectivity index (χ1v) is 10.9. The summed E-state index contributed by atoms with van der Waals surface area (Å²) in [5.41, 5.74) is 2.82. The van der Waals surface area contributed by atoms with Crippen LogP contribution >= 0.6 is 0 Å². The second-order valence-corrected chi connectivity index (χ2v) is 8.28. The predicted molar refractivity (Wildman–Crippen MR) is 124 cm³/mol. The Balaban J connectivity index is 1.44. The van der Waals surface area contributed by atoms with E-state index in [1.807, 2.05) is 60.7 Å². The molecule has 0 saturated carbocycles. The second-order valence-electron chi connectivity index (χ2n) is 8.28. The maximum Gasteiger partial charge on any atom is 0.322 e. The van der Waals surface area contributed by atoms with E-state index in [2.05, 4.69) is 5.32 Å². The number of aliphatic hydroxyl groups is 1. The lowest BCUT2D eigenvalue weighted by Gasteiger charge is -2.23. The van der Waals surface area contributed by atoms with Gasteiger partial charge >= 0.3 is 6.03 Å². The molecule has 0 spiro atoms. The Labute approximate surface area is 187 Å². The van der Waals surface area contributed by atoms with Crippen molar-refractivity contribution in [2.24, 2.45) is 0 Å². The molecule has 2 N–H and O–H groups in total. The molecule has 2 aliphatic heterocycles. The molecule has 6 nitrogen and oxygen atoms in total. The highest BCUT2D eigenvalue weighted by atomic mass is 16.5. The average molecular weight is 431 g/mol. The van der Waals surface area contributed by atoms with Gasteiger partial charge in [0.2, 0.25) is 0 Å². The van der Waals surface area contributed by atoms with Gasteiger partial charge in [-0.05, 0) is 34.5 Å². The first-order valence-electron chi connectivity index (χ1n) is 10.9. The number of aliphatic hydroxyl groups excluding tert-OH is 1. The molecule has 0 saturated heterocycles. The van der Waals surface area contributed by atoms with Crippen molar-refractivity contribution in [3.05, 3.63) is 77.9 Å². The van der Waals surface area contributed by atoms with Crippen molar-refractivity contribution in [3.63, 3.8) is 0 Å². The third-order valence-electron chi connectivity index (χ3n) is 6.10. The lowest BCUT2D eigenvalue weighted by atomic mass is 10.00. The van der Waals surface area contributed by atoms with E-state index in [4.69, 9.17) is 9.47 Å². The molecule has 2 bridgehead atoms. The molecule has 0 aromatic heterocycles. The topological polar surface area (TPSA) is 71.0 Å². The summed E-state index contributed by atoms with van der Waals surface area (Å²) in [6.45, 7) is 0.824. The number of amides is 2. The Morgan fingerprint density at radius 1 is 1.16 bits per heavy atom. The van der Waals surface area contributed by atoms with Crippen LogP contribution in [0.15, 0.2) is 66.7 Å². The largest absolute Gasteiger partial charge is 0.493 e. The Kier molecular flexibility index (Phi) is 5.45. The maximum absolute atomic E-state index is 13.2. The highest BCUT2D eigenvalue weighted by molar-refractivity contribution is 5.93. The zero-order valence-electron chi connectivity index (χ0n) is 18.0. The van der Waals surface area contributed by atoms with Gasteiger partial charge in [0.05, 0.1) is 13.2 Å². The molecule has 2 amide bonds. The summed E-state index contributed by atoms with van der Waals surface area (Å²) in [7, 11) is 1.62. The van der Waals surface area contributed by atoms with Crippen LogP contribution in [0.4, 0.5) is 10.5 Å². The maximum atomic E-state index is 13.2. The van der Waals surface area contributed by atoms with E-state index in [-0.39, 0.29) is 12.1 Å². The molecule has 6 heteroatoms. The molecule has 2 heterocycles. The Bertz CT molecular complexity index is 1190. The van der Waals surface area contributed by atoms with Crippen molar-refractivity contribution in [3.8, 4) is 11.5 Å². The van der Waals surface area contributed by atoms with Crippen molar-refractivity contribution < 1.29 is 19.4 Å². The number of benzene rings is 3. The third-order valence-corrected chi connectivity index (χ3v) is 6.10. The van der Waals surface area contributed by atoms with Gasteiger partial charge in [0.25, 0.3) is 0 Å². The van der Waals surface area contributed by atoms with E-state index < -0.39 is 6.10 Å². The molecule has 0 fully saturated rings. The summed E-state index contributed by atoms with van der Waals surface area (Å²) in [6.07, 6.45) is 4.03. The Morgan fingerprint density at radius 3 is 2.84 bits per heavy atom. The summed E-state index contributed by atoms with van der Waals surface area (Å²) >= 11 is 0. The SMILES string of the molecule is COc1ccc2c3c1OC(C3)C[C@@H](O)/C=C/CN(C(=O)Nc1ccc3ccccc3c1)C2. The van der Waals surface area contributed by atoms with Gasteiger partial charge in [0.1, 0.15) is 6.10 Å². The lowest BCUT2D eigenvalue weighted by Crippen LogP contribution is -2.35. The highest BCUT2D eigenvalue weighted by Crippen LogP contribution is 2.41. The number of carbonyl (C=O) groups is 1. The molecular weight excluding hydrogens is 404 g/mol. The van der Waals surface area contributed by atoms with Crippen molar-refractivity contribution in [2.75, 3.05) is 19.0 Å². The number of carbonyl (C=O) groups excluding carboxylic acids is 1. The number of hydrogen-bond donors (Lipinski definition) is 2. The van der Waals surface area contributed by atoms with E-state index in [0.29, 0.717) is 31.7 Å². The highest BCUT2D eigenvalue weighted by Gasteiger charge is 2.31. The number of anilines is 1. The van der Waals surface area contributed by atoms with Gasteiger partial charge in [-0.2, -0.15) is 0 Å². The standard InChI is InChI=1S/C26H26N2O4/c1-31-24-11-9-19-16-28(12-4-7-21(29)14-22-15-23(19)25(24)32-22)26(30)27-20-10-8-17-5-2-3-6-18(17)13-20/h2-11,13,21-22,29H,12,14-16H2,1H3,(H,27,30)/b7-4+/t21-,22?/m0/s1. The molecular formula is C26H26N2O4. The number of urea groups is 1. The summed E-state index contributed by atoms with van der Waals surface area (Å²) in [6, 6.07) is 17.6. The molecule has 3 aromatic rings. The van der Waals surface area contributed by atoms with Crippen LogP contribution in [0.3, 0.4) is 0 Å². The van der Waals surface area contributed by atoms with Crippen molar-refractivity contribution in [2.45, 2.75) is 31.6 Å². The number of rotatable bonds is 2. The van der Waals surface area contributed by atoms with Crippen LogP contribution in [0, 0.1) is 0 Å². The smallest absolute Gasteiger partial charge is 0.322 e. The quantitative estimate of drug-likeness (QED) is 0.587. The van der Waals surface area contributed by atoms with Crippen molar-refractivity contribution in [1.29, 1.82) is 0 Å². The van der Waals surface area contributed by atoms with Crippen LogP contribution in [0.5, 0.6) is 11.5 Å². The van der Waals surface area contributed by atoms with Crippen LogP contribution in [0.1, 0.15) is 17.5 Å². The van der Waals surface area contributed by atoms with Gasteiger partial charge in [-0.1, -0.05) is 48.6 Å². The predicted octanol–water partition coefficient (Wildman–Crippen LogP) is 4.51. The van der Waals surface area contributed by atoms with Crippen LogP contribution < -0.4 is 14.8 Å². The molecule has 164 valence electrons. The van der Waals surface area contributed by atoms with E-state index in [1.165, 1.54) is 0 Å². The number of nitrogens with one attached hydrogen (secondary N) is 1. The molecule has 0 radical (unpaired) electrons. The van der Waals surface area contributed by atoms with Crippen molar-refractivity contribution in [1.82, 2.24) is 4.90 Å². The van der Waals surface area contributed by atoms with Crippen LogP contribution in [-0.4, -0.2) is 41.9 Å². The van der Waals surface area contributed by atoms with Gasteiger partial charge < -0.3 is 24.8 Å². The van der Waals surface area contributed by atoms with E-state index >= 15 is 0 Å². The minimum Gasteiger partial charge on any atom is -0.493 e. The fraction of sp³-hybridized carbons (Fsp3) is 0.269. The molecule has 5 rings (SSSR count). The molecule has 2 aliphatic rings. The van der Waals surface area contributed by atoms with E-state index in [1.54, 1.807) is 18.1 Å². The fourth-order valence-corrected chi connectivity index (χ4v) is 4.46. The Morgan fingerprint density at radius 2 is 2.00 bits per heavy atom. The van der Waals surface area contributed by atoms with Crippen LogP contribution in [-0.2, 0) is 13.0 Å². The molecule has 32 heavy (non-hydrogen) atoms. The number of fused-ring (bicyclic) bond motifs is 2. The van der Waals surface area contributed by atoms with Crippen LogP contribution in [0.25, 0.3) is 10.8 Å². The summed E-state index contributed by atoms with van der Waals surface area (Å²) < 4.78 is 11.6. The number of nitrogens with zero attached hydrogens (tertiary/aromatic N) is 1. The first kappa shape index (κ1) is 20.4.